The minimum atomic E-state index is -0.591. The normalized spacial score (nSPS) is 11.6. The number of amides is 1. The van der Waals surface area contributed by atoms with Gasteiger partial charge in [0, 0.05) is 18.3 Å². The van der Waals surface area contributed by atoms with Crippen molar-refractivity contribution in [1.82, 2.24) is 10.3 Å². The van der Waals surface area contributed by atoms with Crippen molar-refractivity contribution in [3.63, 3.8) is 0 Å². The molecule has 0 bridgehead atoms. The maximum absolute atomic E-state index is 12.2. The highest BCUT2D eigenvalue weighted by Crippen LogP contribution is 2.20. The lowest BCUT2D eigenvalue weighted by Crippen LogP contribution is -2.25. The van der Waals surface area contributed by atoms with Crippen molar-refractivity contribution in [2.24, 2.45) is 0 Å². The summed E-state index contributed by atoms with van der Waals surface area (Å²) >= 11 is 0. The highest BCUT2D eigenvalue weighted by molar-refractivity contribution is 5.94. The fraction of sp³-hybridized carbons (Fsp3) is 0.143. The summed E-state index contributed by atoms with van der Waals surface area (Å²) in [6.07, 6.45) is 3.16. The predicted molar refractivity (Wildman–Crippen MR) is 99.1 cm³/mol. The van der Waals surface area contributed by atoms with Gasteiger partial charge in [0.25, 0.3) is 5.91 Å². The number of aliphatic hydroxyl groups is 1. The van der Waals surface area contributed by atoms with Gasteiger partial charge in [0.1, 0.15) is 11.5 Å². The third kappa shape index (κ3) is 4.91. The maximum Gasteiger partial charge on any atom is 0.251 e. The molecule has 3 rings (SSSR count). The Morgan fingerprint density at radius 2 is 1.77 bits per heavy atom. The van der Waals surface area contributed by atoms with Crippen molar-refractivity contribution in [1.29, 1.82) is 0 Å². The fourth-order valence-electron chi connectivity index (χ4n) is 2.48. The van der Waals surface area contributed by atoms with E-state index in [1.165, 1.54) is 0 Å². The Balaban J connectivity index is 1.49. The molecule has 0 aliphatic carbocycles. The number of aromatic nitrogens is 1. The van der Waals surface area contributed by atoms with Gasteiger partial charge in [0.15, 0.2) is 0 Å². The number of hydrogen-bond donors (Lipinski definition) is 2. The molecule has 0 saturated heterocycles. The lowest BCUT2D eigenvalue weighted by molar-refractivity contribution is 0.0942. The average Bonchev–Trinajstić information content (AvgIpc) is 2.70. The number of benzene rings is 2. The summed E-state index contributed by atoms with van der Waals surface area (Å²) in [5, 5.41) is 12.9. The van der Waals surface area contributed by atoms with Gasteiger partial charge in [-0.15, -0.1) is 0 Å². The molecule has 0 fully saturated rings. The van der Waals surface area contributed by atoms with Crippen LogP contribution in [0.1, 0.15) is 28.4 Å². The van der Waals surface area contributed by atoms with Crippen LogP contribution in [0.2, 0.25) is 0 Å². The van der Waals surface area contributed by atoms with Crippen LogP contribution < -0.4 is 10.1 Å². The summed E-state index contributed by atoms with van der Waals surface area (Å²) in [6.45, 7) is 0.392. The second-order valence-electron chi connectivity index (χ2n) is 5.79. The Hall–Kier alpha value is -3.18. The summed E-state index contributed by atoms with van der Waals surface area (Å²) in [4.78, 5) is 16.2. The van der Waals surface area contributed by atoms with Crippen molar-refractivity contribution < 1.29 is 14.6 Å². The van der Waals surface area contributed by atoms with Gasteiger partial charge in [-0.1, -0.05) is 30.3 Å². The summed E-state index contributed by atoms with van der Waals surface area (Å²) < 4.78 is 5.65. The lowest BCUT2D eigenvalue weighted by atomic mass is 10.1. The molecule has 5 heteroatoms. The Morgan fingerprint density at radius 1 is 1.00 bits per heavy atom. The molecule has 132 valence electrons. The molecule has 1 heterocycles. The second-order valence-corrected chi connectivity index (χ2v) is 5.79. The van der Waals surface area contributed by atoms with E-state index in [4.69, 9.17) is 4.74 Å². The van der Waals surface area contributed by atoms with Crippen molar-refractivity contribution in [2.45, 2.75) is 12.5 Å². The largest absolute Gasteiger partial charge is 0.456 e. The van der Waals surface area contributed by atoms with E-state index in [2.05, 4.69) is 10.3 Å². The first kappa shape index (κ1) is 17.6. The van der Waals surface area contributed by atoms with Gasteiger partial charge in [-0.25, -0.2) is 0 Å². The second kappa shape index (κ2) is 8.78. The highest BCUT2D eigenvalue weighted by atomic mass is 16.5. The van der Waals surface area contributed by atoms with Crippen LogP contribution in [0.5, 0.6) is 11.5 Å². The van der Waals surface area contributed by atoms with Crippen molar-refractivity contribution in [3.05, 3.63) is 90.3 Å². The minimum Gasteiger partial charge on any atom is -0.456 e. The van der Waals surface area contributed by atoms with Crippen molar-refractivity contribution in [2.75, 3.05) is 6.54 Å². The van der Waals surface area contributed by atoms with E-state index in [0.29, 0.717) is 30.0 Å². The van der Waals surface area contributed by atoms with Crippen LogP contribution in [0.4, 0.5) is 0 Å². The van der Waals surface area contributed by atoms with E-state index in [-0.39, 0.29) is 5.91 Å². The molecule has 0 spiro atoms. The van der Waals surface area contributed by atoms with Crippen LogP contribution in [0.25, 0.3) is 0 Å². The zero-order chi connectivity index (χ0) is 18.2. The number of pyridine rings is 1. The third-order valence-corrected chi connectivity index (χ3v) is 3.87. The van der Waals surface area contributed by atoms with E-state index >= 15 is 0 Å². The first-order valence-corrected chi connectivity index (χ1v) is 8.41. The van der Waals surface area contributed by atoms with Crippen LogP contribution in [-0.4, -0.2) is 22.5 Å². The van der Waals surface area contributed by atoms with Gasteiger partial charge in [-0.05, 0) is 48.4 Å². The SMILES string of the molecule is O=C(NCCC(O)c1ccccc1)c1ccc(Oc2cccnc2)cc1. The van der Waals surface area contributed by atoms with Gasteiger partial charge in [0.05, 0.1) is 12.3 Å². The topological polar surface area (TPSA) is 71.5 Å². The summed E-state index contributed by atoms with van der Waals surface area (Å²) in [7, 11) is 0. The average molecular weight is 348 g/mol. The number of aliphatic hydroxyl groups excluding tert-OH is 1. The molecule has 0 radical (unpaired) electrons. The molecule has 5 nitrogen and oxygen atoms in total. The Bertz CT molecular complexity index is 821. The van der Waals surface area contributed by atoms with E-state index in [1.54, 1.807) is 42.7 Å². The number of rotatable bonds is 7. The molecule has 2 aromatic carbocycles. The molecule has 26 heavy (non-hydrogen) atoms. The Kier molecular flexibility index (Phi) is 5.96. The summed E-state index contributed by atoms with van der Waals surface area (Å²) in [6, 6.07) is 19.9. The predicted octanol–water partition coefficient (Wildman–Crippen LogP) is 3.73. The molecule has 1 amide bonds. The molecule has 0 saturated carbocycles. The van der Waals surface area contributed by atoms with Crippen LogP contribution in [0, 0.1) is 0 Å². The van der Waals surface area contributed by atoms with Gasteiger partial charge >= 0.3 is 0 Å². The molecule has 1 atom stereocenters. The maximum atomic E-state index is 12.2. The summed E-state index contributed by atoms with van der Waals surface area (Å²) in [5.41, 5.74) is 1.39. The number of nitrogens with one attached hydrogen (secondary N) is 1. The molecular formula is C21H20N2O3. The van der Waals surface area contributed by atoms with Gasteiger partial charge in [-0.2, -0.15) is 0 Å². The van der Waals surface area contributed by atoms with Crippen LogP contribution in [0.3, 0.4) is 0 Å². The Labute approximate surface area is 152 Å². The van der Waals surface area contributed by atoms with Crippen molar-refractivity contribution in [3.8, 4) is 11.5 Å². The molecule has 1 aromatic heterocycles. The van der Waals surface area contributed by atoms with Gasteiger partial charge in [0.2, 0.25) is 0 Å². The Morgan fingerprint density at radius 3 is 2.46 bits per heavy atom. The monoisotopic (exact) mass is 348 g/mol. The van der Waals surface area contributed by atoms with Crippen LogP contribution in [0.15, 0.2) is 79.1 Å². The van der Waals surface area contributed by atoms with E-state index < -0.39 is 6.10 Å². The number of ether oxygens (including phenoxy) is 1. The van der Waals surface area contributed by atoms with Gasteiger partial charge < -0.3 is 15.2 Å². The molecule has 0 aliphatic rings. The zero-order valence-electron chi connectivity index (χ0n) is 14.2. The first-order valence-electron chi connectivity index (χ1n) is 8.41. The molecule has 3 aromatic rings. The number of nitrogens with zero attached hydrogens (tertiary/aromatic N) is 1. The highest BCUT2D eigenvalue weighted by Gasteiger charge is 2.09. The van der Waals surface area contributed by atoms with Crippen LogP contribution in [-0.2, 0) is 0 Å². The van der Waals surface area contributed by atoms with Crippen molar-refractivity contribution >= 4 is 5.91 Å². The number of carbonyl (C=O) groups excluding carboxylic acids is 1. The molecule has 0 aliphatic heterocycles. The quantitative estimate of drug-likeness (QED) is 0.682. The smallest absolute Gasteiger partial charge is 0.251 e. The third-order valence-electron chi connectivity index (χ3n) is 3.87. The van der Waals surface area contributed by atoms with E-state index in [0.717, 1.165) is 5.56 Å². The van der Waals surface area contributed by atoms with E-state index in [1.807, 2.05) is 36.4 Å². The molecule has 1 unspecified atom stereocenters. The zero-order valence-corrected chi connectivity index (χ0v) is 14.2. The number of hydrogen-bond acceptors (Lipinski definition) is 4. The standard InChI is InChI=1S/C21H20N2O3/c24-20(16-5-2-1-3-6-16)12-14-23-21(25)17-8-10-18(11-9-17)26-19-7-4-13-22-15-19/h1-11,13,15,20,24H,12,14H2,(H,23,25). The molecule has 2 N–H and O–H groups in total. The lowest BCUT2D eigenvalue weighted by Gasteiger charge is -2.12. The number of carbonyl (C=O) groups is 1. The molecular weight excluding hydrogens is 328 g/mol. The fourth-order valence-corrected chi connectivity index (χ4v) is 2.48. The first-order chi connectivity index (χ1) is 12.7. The van der Waals surface area contributed by atoms with E-state index in [9.17, 15) is 9.90 Å². The van der Waals surface area contributed by atoms with Gasteiger partial charge in [-0.3, -0.25) is 9.78 Å². The van der Waals surface area contributed by atoms with Crippen LogP contribution >= 0.6 is 0 Å². The summed E-state index contributed by atoms with van der Waals surface area (Å²) in [5.74, 6) is 1.09. The minimum absolute atomic E-state index is 0.182.